The third-order valence-corrected chi connectivity index (χ3v) is 6.08. The van der Waals surface area contributed by atoms with Gasteiger partial charge in [0.1, 0.15) is 11.8 Å². The summed E-state index contributed by atoms with van der Waals surface area (Å²) in [5.41, 5.74) is 1.00. The molecule has 160 valence electrons. The van der Waals surface area contributed by atoms with Crippen LogP contribution in [0.2, 0.25) is 0 Å². The fourth-order valence-electron chi connectivity index (χ4n) is 4.13. The maximum absolute atomic E-state index is 13.2. The van der Waals surface area contributed by atoms with Crippen molar-refractivity contribution < 1.29 is 22.7 Å². The van der Waals surface area contributed by atoms with Gasteiger partial charge in [-0.2, -0.15) is 0 Å². The zero-order valence-electron chi connectivity index (χ0n) is 16.9. The van der Waals surface area contributed by atoms with Gasteiger partial charge in [0.05, 0.1) is 13.4 Å². The average Bonchev–Trinajstić information content (AvgIpc) is 3.02. The number of amides is 2. The van der Waals surface area contributed by atoms with E-state index in [2.05, 4.69) is 14.9 Å². The predicted octanol–water partition coefficient (Wildman–Crippen LogP) is -0.466. The van der Waals surface area contributed by atoms with E-state index in [9.17, 15) is 18.0 Å². The number of piperazine rings is 1. The lowest BCUT2D eigenvalue weighted by molar-refractivity contribution is -0.144. The predicted molar refractivity (Wildman–Crippen MR) is 108 cm³/mol. The van der Waals surface area contributed by atoms with Crippen molar-refractivity contribution in [1.29, 1.82) is 0 Å². The quantitative estimate of drug-likeness (QED) is 0.613. The summed E-state index contributed by atoms with van der Waals surface area (Å²) in [6.45, 7) is 3.12. The Kier molecular flexibility index (Phi) is 6.45. The summed E-state index contributed by atoms with van der Waals surface area (Å²) < 4.78 is 31.1. The van der Waals surface area contributed by atoms with Gasteiger partial charge in [-0.25, -0.2) is 13.1 Å². The van der Waals surface area contributed by atoms with Crippen LogP contribution in [0.4, 0.5) is 0 Å². The zero-order chi connectivity index (χ0) is 21.2. The van der Waals surface area contributed by atoms with Crippen LogP contribution in [0, 0.1) is 0 Å². The summed E-state index contributed by atoms with van der Waals surface area (Å²) >= 11 is 0. The van der Waals surface area contributed by atoms with Crippen LogP contribution in [0.5, 0.6) is 5.75 Å². The fraction of sp³-hybridized carbons (Fsp3) is 0.579. The van der Waals surface area contributed by atoms with E-state index in [-0.39, 0.29) is 30.4 Å². The number of nitrogens with zero attached hydrogens (tertiary/aromatic N) is 2. The minimum absolute atomic E-state index is 0.0686. The first-order chi connectivity index (χ1) is 13.7. The van der Waals surface area contributed by atoms with Gasteiger partial charge in [0.2, 0.25) is 21.8 Å². The molecule has 2 N–H and O–H groups in total. The Morgan fingerprint density at radius 2 is 2.07 bits per heavy atom. The molecule has 2 fully saturated rings. The number of carbonyl (C=O) groups is 2. The molecule has 0 bridgehead atoms. The van der Waals surface area contributed by atoms with Crippen LogP contribution in [0.3, 0.4) is 0 Å². The van der Waals surface area contributed by atoms with Crippen LogP contribution in [-0.2, 0) is 26.2 Å². The molecule has 1 aromatic rings. The van der Waals surface area contributed by atoms with E-state index in [0.29, 0.717) is 26.1 Å². The largest absolute Gasteiger partial charge is 0.497 e. The number of sulfonamides is 1. The summed E-state index contributed by atoms with van der Waals surface area (Å²) in [6.07, 6.45) is 1.70. The van der Waals surface area contributed by atoms with Crippen LogP contribution in [0.1, 0.15) is 18.9 Å². The molecule has 0 aliphatic carbocycles. The third kappa shape index (κ3) is 5.46. The normalized spacial score (nSPS) is 25.0. The highest BCUT2D eigenvalue weighted by Gasteiger charge is 2.45. The van der Waals surface area contributed by atoms with Gasteiger partial charge in [-0.1, -0.05) is 12.1 Å². The smallest absolute Gasteiger partial charge is 0.242 e. The maximum Gasteiger partial charge on any atom is 0.242 e. The van der Waals surface area contributed by atoms with Crippen molar-refractivity contribution in [3.05, 3.63) is 29.8 Å². The lowest BCUT2D eigenvalue weighted by Crippen LogP contribution is -2.62. The number of rotatable bonds is 7. The molecule has 0 radical (unpaired) electrons. The molecule has 1 aromatic carbocycles. The topological polar surface area (TPSA) is 108 Å². The van der Waals surface area contributed by atoms with Crippen LogP contribution in [0.15, 0.2) is 24.3 Å². The van der Waals surface area contributed by atoms with Crippen molar-refractivity contribution in [3.63, 3.8) is 0 Å². The minimum atomic E-state index is -3.35. The second-order valence-corrected chi connectivity index (χ2v) is 9.48. The molecular weight excluding hydrogens is 396 g/mol. The standard InChI is InChI=1S/C19H28N4O5S/c1-13(24)20-9-18-19(25)23-11-15(21-29(3,26)27)8-16(23)12-22(18)10-14-5-4-6-17(7-14)28-2/h4-7,15-16,18,21H,8-12H2,1-3H3,(H,20,24)/t15-,16-,18-/m0/s1. The number of fused-ring (bicyclic) bond motifs is 1. The van der Waals surface area contributed by atoms with E-state index in [1.165, 1.54) is 6.92 Å². The number of hydrogen-bond donors (Lipinski definition) is 2. The van der Waals surface area contributed by atoms with Crippen LogP contribution in [0.25, 0.3) is 0 Å². The van der Waals surface area contributed by atoms with E-state index >= 15 is 0 Å². The molecule has 0 unspecified atom stereocenters. The summed E-state index contributed by atoms with van der Waals surface area (Å²) in [6, 6.07) is 6.79. The molecule has 29 heavy (non-hydrogen) atoms. The molecule has 2 aliphatic heterocycles. The number of carbonyl (C=O) groups excluding carboxylic acids is 2. The van der Waals surface area contributed by atoms with Crippen molar-refractivity contribution in [1.82, 2.24) is 19.8 Å². The second-order valence-electron chi connectivity index (χ2n) is 7.70. The lowest BCUT2D eigenvalue weighted by atomic mass is 10.0. The molecule has 2 amide bonds. The van der Waals surface area contributed by atoms with E-state index in [4.69, 9.17) is 4.74 Å². The SMILES string of the molecule is COc1cccc(CN2C[C@@H]3C[C@H](NS(C)(=O)=O)CN3C(=O)[C@@H]2CNC(C)=O)c1. The van der Waals surface area contributed by atoms with Gasteiger partial charge < -0.3 is 15.0 Å². The first kappa shape index (κ1) is 21.5. The molecule has 3 rings (SSSR count). The maximum atomic E-state index is 13.2. The van der Waals surface area contributed by atoms with Crippen molar-refractivity contribution in [2.24, 2.45) is 0 Å². The van der Waals surface area contributed by atoms with E-state index in [1.807, 2.05) is 24.3 Å². The summed E-state index contributed by atoms with van der Waals surface area (Å²) in [4.78, 5) is 28.4. The lowest BCUT2D eigenvalue weighted by Gasteiger charge is -2.42. The molecule has 3 atom stereocenters. The number of benzene rings is 1. The highest BCUT2D eigenvalue weighted by molar-refractivity contribution is 7.88. The first-order valence-corrected chi connectivity index (χ1v) is 11.4. The van der Waals surface area contributed by atoms with E-state index in [1.54, 1.807) is 12.0 Å². The van der Waals surface area contributed by atoms with Gasteiger partial charge in [0.25, 0.3) is 0 Å². The van der Waals surface area contributed by atoms with E-state index < -0.39 is 16.1 Å². The van der Waals surface area contributed by atoms with Gasteiger partial charge in [0, 0.05) is 45.2 Å². The number of ether oxygens (including phenoxy) is 1. The molecule has 2 heterocycles. The molecule has 0 saturated carbocycles. The Hall–Kier alpha value is -2.17. The highest BCUT2D eigenvalue weighted by Crippen LogP contribution is 2.28. The Balaban J connectivity index is 1.79. The van der Waals surface area contributed by atoms with E-state index in [0.717, 1.165) is 17.6 Å². The first-order valence-electron chi connectivity index (χ1n) is 9.55. The van der Waals surface area contributed by atoms with Gasteiger partial charge in [-0.05, 0) is 24.1 Å². The Morgan fingerprint density at radius 3 is 2.72 bits per heavy atom. The number of nitrogens with one attached hydrogen (secondary N) is 2. The molecule has 2 aliphatic rings. The summed E-state index contributed by atoms with van der Waals surface area (Å²) in [7, 11) is -1.74. The molecule has 0 aromatic heterocycles. The Labute approximate surface area is 171 Å². The fourth-order valence-corrected chi connectivity index (χ4v) is 4.91. The molecule has 0 spiro atoms. The van der Waals surface area contributed by atoms with Crippen LogP contribution >= 0.6 is 0 Å². The number of methoxy groups -OCH3 is 1. The second kappa shape index (κ2) is 8.68. The van der Waals surface area contributed by atoms with Gasteiger partial charge in [-0.15, -0.1) is 0 Å². The molecular formula is C19H28N4O5S. The minimum Gasteiger partial charge on any atom is -0.497 e. The summed E-state index contributed by atoms with van der Waals surface area (Å²) in [5.74, 6) is 0.458. The van der Waals surface area contributed by atoms with Crippen molar-refractivity contribution >= 4 is 21.8 Å². The zero-order valence-corrected chi connectivity index (χ0v) is 17.7. The van der Waals surface area contributed by atoms with Crippen molar-refractivity contribution in [2.45, 2.75) is 38.0 Å². The molecule has 2 saturated heterocycles. The Bertz CT molecular complexity index is 875. The van der Waals surface area contributed by atoms with Crippen molar-refractivity contribution in [3.8, 4) is 5.75 Å². The molecule has 10 heteroatoms. The monoisotopic (exact) mass is 424 g/mol. The van der Waals surface area contributed by atoms with Crippen molar-refractivity contribution in [2.75, 3.05) is 33.0 Å². The summed E-state index contributed by atoms with van der Waals surface area (Å²) in [5, 5.41) is 2.75. The molecule has 9 nitrogen and oxygen atoms in total. The average molecular weight is 425 g/mol. The third-order valence-electron chi connectivity index (χ3n) is 5.31. The number of hydrogen-bond acceptors (Lipinski definition) is 6. The highest BCUT2D eigenvalue weighted by atomic mass is 32.2. The Morgan fingerprint density at radius 1 is 1.31 bits per heavy atom. The van der Waals surface area contributed by atoms with Gasteiger partial charge >= 0.3 is 0 Å². The van der Waals surface area contributed by atoms with Crippen LogP contribution in [-0.4, -0.2) is 81.2 Å². The van der Waals surface area contributed by atoms with Crippen LogP contribution < -0.4 is 14.8 Å². The van der Waals surface area contributed by atoms with Gasteiger partial charge in [-0.3, -0.25) is 14.5 Å². The van der Waals surface area contributed by atoms with Gasteiger partial charge in [0.15, 0.2) is 0 Å².